The van der Waals surface area contributed by atoms with Crippen molar-refractivity contribution < 1.29 is 22.7 Å². The van der Waals surface area contributed by atoms with Crippen LogP contribution < -0.4 is 0 Å². The Bertz CT molecular complexity index is 951. The van der Waals surface area contributed by atoms with E-state index in [0.717, 1.165) is 22.6 Å². The van der Waals surface area contributed by atoms with Crippen molar-refractivity contribution >= 4 is 28.3 Å². The molecule has 0 aliphatic rings. The number of aromatic nitrogens is 2. The number of fused-ring (bicyclic) bond motifs is 1. The van der Waals surface area contributed by atoms with Gasteiger partial charge in [0.15, 0.2) is 5.69 Å². The largest absolute Gasteiger partial charge is 0.464 e. The zero-order valence-electron chi connectivity index (χ0n) is 13.0. The number of hydrogen-bond donors (Lipinski definition) is 0. The first-order valence-corrected chi connectivity index (χ1v) is 7.57. The molecule has 0 spiro atoms. The lowest BCUT2D eigenvalue weighted by atomic mass is 10.1. The molecule has 0 bridgehead atoms. The predicted octanol–water partition coefficient (Wildman–Crippen LogP) is 4.54. The Morgan fingerprint density at radius 3 is 2.56 bits per heavy atom. The second kappa shape index (κ2) is 6.40. The summed E-state index contributed by atoms with van der Waals surface area (Å²) in [5, 5.41) is 5.99. The average molecular weight is 369 g/mol. The number of benzene rings is 2. The first-order valence-electron chi connectivity index (χ1n) is 7.19. The number of ether oxygens (including phenoxy) is 1. The number of rotatable bonds is 3. The summed E-state index contributed by atoms with van der Waals surface area (Å²) in [4.78, 5) is 11.5. The molecule has 1 aromatic heterocycles. The van der Waals surface area contributed by atoms with Crippen LogP contribution in [-0.2, 0) is 17.5 Å². The Morgan fingerprint density at radius 2 is 1.88 bits per heavy atom. The van der Waals surface area contributed by atoms with E-state index in [4.69, 9.17) is 11.6 Å². The molecule has 0 unspecified atom stereocenters. The third kappa shape index (κ3) is 3.61. The van der Waals surface area contributed by atoms with Gasteiger partial charge in [0.05, 0.1) is 13.7 Å². The maximum Gasteiger partial charge on any atom is 0.433 e. The van der Waals surface area contributed by atoms with Crippen LogP contribution in [0, 0.1) is 0 Å². The van der Waals surface area contributed by atoms with Gasteiger partial charge in [-0.2, -0.15) is 18.3 Å². The van der Waals surface area contributed by atoms with E-state index in [0.29, 0.717) is 16.7 Å². The third-order valence-electron chi connectivity index (χ3n) is 3.66. The number of hydrogen-bond acceptors (Lipinski definition) is 3. The maximum atomic E-state index is 13.2. The smallest absolute Gasteiger partial charge is 0.433 e. The number of halogens is 4. The number of carbonyl (C=O) groups is 1. The Balaban J connectivity index is 2.01. The van der Waals surface area contributed by atoms with Gasteiger partial charge >= 0.3 is 12.1 Å². The van der Waals surface area contributed by atoms with Crippen LogP contribution in [0.15, 0.2) is 42.5 Å². The Morgan fingerprint density at radius 1 is 1.16 bits per heavy atom. The van der Waals surface area contributed by atoms with Crippen LogP contribution in [-0.4, -0.2) is 22.9 Å². The van der Waals surface area contributed by atoms with E-state index >= 15 is 0 Å². The van der Waals surface area contributed by atoms with Gasteiger partial charge < -0.3 is 4.74 Å². The fourth-order valence-electron chi connectivity index (χ4n) is 2.51. The van der Waals surface area contributed by atoms with Crippen molar-refractivity contribution in [1.29, 1.82) is 0 Å². The predicted molar refractivity (Wildman–Crippen MR) is 86.6 cm³/mol. The highest BCUT2D eigenvalue weighted by Crippen LogP contribution is 2.31. The van der Waals surface area contributed by atoms with E-state index in [-0.39, 0.29) is 6.54 Å². The average Bonchev–Trinajstić information content (AvgIpc) is 2.98. The van der Waals surface area contributed by atoms with Gasteiger partial charge in [0.25, 0.3) is 0 Å². The second-order valence-corrected chi connectivity index (χ2v) is 5.82. The van der Waals surface area contributed by atoms with Crippen LogP contribution in [0.3, 0.4) is 0 Å². The Kier molecular flexibility index (Phi) is 4.43. The standard InChI is InChI=1S/C17H12ClF3N2O2/c1-25-16(24)14-8-15(17(19,20)21)23(22-14)9-10-2-3-11-4-5-13(18)7-12(11)6-10/h2-8H,9H2,1H3. The Labute approximate surface area is 145 Å². The van der Waals surface area contributed by atoms with E-state index in [1.54, 1.807) is 30.3 Å². The van der Waals surface area contributed by atoms with Crippen molar-refractivity contribution in [2.75, 3.05) is 7.11 Å². The molecule has 0 aliphatic heterocycles. The van der Waals surface area contributed by atoms with Crippen LogP contribution in [0.2, 0.25) is 5.02 Å². The molecular weight excluding hydrogens is 357 g/mol. The third-order valence-corrected chi connectivity index (χ3v) is 3.90. The molecule has 4 nitrogen and oxygen atoms in total. The molecule has 0 amide bonds. The lowest BCUT2D eigenvalue weighted by Gasteiger charge is -2.11. The molecule has 3 aromatic rings. The molecule has 8 heteroatoms. The molecule has 3 rings (SSSR count). The Hall–Kier alpha value is -2.54. The number of carbonyl (C=O) groups excluding carboxylic acids is 1. The van der Waals surface area contributed by atoms with Crippen LogP contribution >= 0.6 is 11.6 Å². The fourth-order valence-corrected chi connectivity index (χ4v) is 2.69. The number of esters is 1. The van der Waals surface area contributed by atoms with E-state index in [1.165, 1.54) is 0 Å². The molecule has 0 saturated carbocycles. The first-order chi connectivity index (χ1) is 11.8. The molecule has 1 heterocycles. The number of methoxy groups -OCH3 is 1. The van der Waals surface area contributed by atoms with Crippen molar-refractivity contribution in [3.8, 4) is 0 Å². The quantitative estimate of drug-likeness (QED) is 0.637. The van der Waals surface area contributed by atoms with E-state index in [1.807, 2.05) is 6.07 Å². The van der Waals surface area contributed by atoms with Crippen LogP contribution in [0.1, 0.15) is 21.7 Å². The molecule has 0 fully saturated rings. The van der Waals surface area contributed by atoms with E-state index in [9.17, 15) is 18.0 Å². The van der Waals surface area contributed by atoms with Crippen molar-refractivity contribution in [1.82, 2.24) is 9.78 Å². The summed E-state index contributed by atoms with van der Waals surface area (Å²) < 4.78 is 44.8. The highest BCUT2D eigenvalue weighted by molar-refractivity contribution is 6.31. The molecule has 0 saturated heterocycles. The molecule has 0 atom stereocenters. The monoisotopic (exact) mass is 368 g/mol. The summed E-state index contributed by atoms with van der Waals surface area (Å²) in [6, 6.07) is 11.2. The van der Waals surface area contributed by atoms with Gasteiger partial charge in [0, 0.05) is 11.1 Å². The maximum absolute atomic E-state index is 13.2. The van der Waals surface area contributed by atoms with E-state index < -0.39 is 23.5 Å². The first kappa shape index (κ1) is 17.3. The summed E-state index contributed by atoms with van der Waals surface area (Å²) >= 11 is 5.95. The van der Waals surface area contributed by atoms with Gasteiger partial charge in [0.1, 0.15) is 5.69 Å². The minimum atomic E-state index is -4.64. The van der Waals surface area contributed by atoms with Crippen LogP contribution in [0.25, 0.3) is 10.8 Å². The normalized spacial score (nSPS) is 11.7. The van der Waals surface area contributed by atoms with Gasteiger partial charge in [-0.3, -0.25) is 4.68 Å². The molecule has 25 heavy (non-hydrogen) atoms. The molecular formula is C17H12ClF3N2O2. The van der Waals surface area contributed by atoms with Gasteiger partial charge in [-0.25, -0.2) is 4.79 Å². The van der Waals surface area contributed by atoms with Crippen LogP contribution in [0.5, 0.6) is 0 Å². The SMILES string of the molecule is COC(=O)c1cc(C(F)(F)F)n(Cc2ccc3ccc(Cl)cc3c2)n1. The minimum Gasteiger partial charge on any atom is -0.464 e. The van der Waals surface area contributed by atoms with Crippen LogP contribution in [0.4, 0.5) is 13.2 Å². The highest BCUT2D eigenvalue weighted by Gasteiger charge is 2.36. The summed E-state index contributed by atoms with van der Waals surface area (Å²) in [5.41, 5.74) is -0.808. The second-order valence-electron chi connectivity index (χ2n) is 5.39. The zero-order valence-corrected chi connectivity index (χ0v) is 13.7. The number of alkyl halides is 3. The van der Waals surface area contributed by atoms with Gasteiger partial charge in [0.2, 0.25) is 0 Å². The lowest BCUT2D eigenvalue weighted by Crippen LogP contribution is -2.15. The van der Waals surface area contributed by atoms with Crippen molar-refractivity contribution in [2.24, 2.45) is 0 Å². The van der Waals surface area contributed by atoms with Gasteiger partial charge in [-0.15, -0.1) is 0 Å². The summed E-state index contributed by atoms with van der Waals surface area (Å²) in [6.07, 6.45) is -4.64. The summed E-state index contributed by atoms with van der Waals surface area (Å²) in [6.45, 7) is -0.145. The summed E-state index contributed by atoms with van der Waals surface area (Å²) in [5.74, 6) is -0.922. The minimum absolute atomic E-state index is 0.145. The molecule has 130 valence electrons. The molecule has 0 N–H and O–H groups in total. The van der Waals surface area contributed by atoms with Crippen molar-refractivity contribution in [3.63, 3.8) is 0 Å². The summed E-state index contributed by atoms with van der Waals surface area (Å²) in [7, 11) is 1.09. The van der Waals surface area contributed by atoms with Gasteiger partial charge in [-0.1, -0.05) is 29.8 Å². The van der Waals surface area contributed by atoms with Gasteiger partial charge in [-0.05, 0) is 34.5 Å². The molecule has 0 aliphatic carbocycles. The molecule has 2 aromatic carbocycles. The van der Waals surface area contributed by atoms with Crippen molar-refractivity contribution in [2.45, 2.75) is 12.7 Å². The zero-order chi connectivity index (χ0) is 18.2. The topological polar surface area (TPSA) is 44.1 Å². The highest BCUT2D eigenvalue weighted by atomic mass is 35.5. The number of nitrogens with zero attached hydrogens (tertiary/aromatic N) is 2. The van der Waals surface area contributed by atoms with E-state index in [2.05, 4.69) is 9.84 Å². The lowest BCUT2D eigenvalue weighted by molar-refractivity contribution is -0.144. The fraction of sp³-hybridized carbons (Fsp3) is 0.176. The van der Waals surface area contributed by atoms with Crippen molar-refractivity contribution in [3.05, 3.63) is 64.4 Å². The molecule has 0 radical (unpaired) electrons.